The maximum absolute atomic E-state index is 13.3. The van der Waals surface area contributed by atoms with Gasteiger partial charge in [-0.15, -0.1) is 0 Å². The first kappa shape index (κ1) is 24.9. The van der Waals surface area contributed by atoms with Gasteiger partial charge in [0, 0.05) is 18.5 Å². The van der Waals surface area contributed by atoms with Gasteiger partial charge in [0.05, 0.1) is 33.7 Å². The number of benzene rings is 2. The molecule has 12 heteroatoms. The van der Waals surface area contributed by atoms with Crippen LogP contribution in [-0.2, 0) is 21.0 Å². The molecule has 186 valence electrons. The molecule has 2 aromatic carbocycles. The Morgan fingerprint density at radius 3 is 2.34 bits per heavy atom. The Labute approximate surface area is 198 Å². The third-order valence-corrected chi connectivity index (χ3v) is 7.54. The number of alkyl halides is 3. The first-order valence-electron chi connectivity index (χ1n) is 10.8. The van der Waals surface area contributed by atoms with Gasteiger partial charge in [0.1, 0.15) is 5.78 Å². The fourth-order valence-corrected chi connectivity index (χ4v) is 5.68. The summed E-state index contributed by atoms with van der Waals surface area (Å²) in [5.41, 5.74) is -1.75. The van der Waals surface area contributed by atoms with E-state index in [-0.39, 0.29) is 41.9 Å². The summed E-state index contributed by atoms with van der Waals surface area (Å²) in [6.07, 6.45) is -4.78. The number of anilines is 1. The van der Waals surface area contributed by atoms with Gasteiger partial charge in [-0.3, -0.25) is 24.0 Å². The molecular formula is C23H21F3N2O6S. The fraction of sp³-hybridized carbons (Fsp3) is 0.348. The quantitative estimate of drug-likeness (QED) is 0.609. The lowest BCUT2D eigenvalue weighted by molar-refractivity contribution is -0.139. The van der Waals surface area contributed by atoms with Crippen LogP contribution >= 0.6 is 0 Å². The number of Topliss-reactive ketones (excluding diaryl/α,β-unsaturated/α-hetero) is 1. The second kappa shape index (κ2) is 9.08. The van der Waals surface area contributed by atoms with Crippen LogP contribution in [0.15, 0.2) is 47.4 Å². The number of rotatable bonds is 4. The standard InChI is InChI=1S/C23H21F3N2O6S/c24-23(25,26)17-5-1-2-7-20(17)35(33,34)27-13-8-10-15-16(12-13)22(32)28(21(15)31)18-11-9-14(29)4-3-6-19(18)30/h1-2,5,7-8,10,12,18-19,27,30H,3-4,6,9,11H2. The van der Waals surface area contributed by atoms with Crippen molar-refractivity contribution in [1.29, 1.82) is 0 Å². The highest BCUT2D eigenvalue weighted by Crippen LogP contribution is 2.36. The Bertz CT molecular complexity index is 1310. The smallest absolute Gasteiger partial charge is 0.391 e. The van der Waals surface area contributed by atoms with Crippen LogP contribution in [0.2, 0.25) is 0 Å². The first-order chi connectivity index (χ1) is 16.4. The van der Waals surface area contributed by atoms with Gasteiger partial charge in [-0.05, 0) is 49.6 Å². The third kappa shape index (κ3) is 4.80. The number of imide groups is 1. The molecular weight excluding hydrogens is 489 g/mol. The number of ketones is 1. The van der Waals surface area contributed by atoms with E-state index in [0.29, 0.717) is 18.9 Å². The number of amides is 2. The topological polar surface area (TPSA) is 121 Å². The van der Waals surface area contributed by atoms with Crippen LogP contribution in [0.1, 0.15) is 58.4 Å². The Morgan fingerprint density at radius 2 is 1.63 bits per heavy atom. The molecule has 2 amide bonds. The summed E-state index contributed by atoms with van der Waals surface area (Å²) in [4.78, 5) is 37.8. The average molecular weight is 510 g/mol. The zero-order chi connectivity index (χ0) is 25.5. The van der Waals surface area contributed by atoms with Crippen molar-refractivity contribution in [3.8, 4) is 0 Å². The van der Waals surface area contributed by atoms with Crippen molar-refractivity contribution in [2.75, 3.05) is 4.72 Å². The summed E-state index contributed by atoms with van der Waals surface area (Å²) in [6, 6.07) is 6.18. The summed E-state index contributed by atoms with van der Waals surface area (Å²) in [6.45, 7) is 0. The summed E-state index contributed by atoms with van der Waals surface area (Å²) >= 11 is 0. The molecule has 1 heterocycles. The zero-order valence-electron chi connectivity index (χ0n) is 18.2. The number of hydrogen-bond acceptors (Lipinski definition) is 6. The van der Waals surface area contributed by atoms with Crippen molar-refractivity contribution < 1.29 is 41.1 Å². The molecule has 0 bridgehead atoms. The highest BCUT2D eigenvalue weighted by Gasteiger charge is 2.43. The molecule has 0 saturated heterocycles. The Hall–Kier alpha value is -3.25. The largest absolute Gasteiger partial charge is 0.417 e. The number of carbonyl (C=O) groups excluding carboxylic acids is 3. The minimum atomic E-state index is -4.91. The van der Waals surface area contributed by atoms with Crippen LogP contribution in [0, 0.1) is 0 Å². The predicted molar refractivity (Wildman–Crippen MR) is 117 cm³/mol. The van der Waals surface area contributed by atoms with E-state index in [1.807, 2.05) is 4.72 Å². The zero-order valence-corrected chi connectivity index (χ0v) is 19.0. The molecule has 2 unspecified atom stereocenters. The lowest BCUT2D eigenvalue weighted by Gasteiger charge is -2.31. The molecule has 1 aliphatic carbocycles. The number of fused-ring (bicyclic) bond motifs is 1. The first-order valence-corrected chi connectivity index (χ1v) is 12.3. The molecule has 8 nitrogen and oxygen atoms in total. The van der Waals surface area contributed by atoms with E-state index in [9.17, 15) is 41.1 Å². The monoisotopic (exact) mass is 510 g/mol. The molecule has 1 fully saturated rings. The molecule has 0 radical (unpaired) electrons. The predicted octanol–water partition coefficient (Wildman–Crippen LogP) is 3.36. The van der Waals surface area contributed by atoms with Gasteiger partial charge in [0.25, 0.3) is 21.8 Å². The second-order valence-corrected chi connectivity index (χ2v) is 10.1. The number of halogens is 3. The summed E-state index contributed by atoms with van der Waals surface area (Å²) < 4.78 is 67.4. The van der Waals surface area contributed by atoms with Gasteiger partial charge in [0.2, 0.25) is 0 Å². The number of aliphatic hydroxyl groups is 1. The van der Waals surface area contributed by atoms with E-state index in [4.69, 9.17) is 0 Å². The van der Waals surface area contributed by atoms with Crippen LogP contribution in [0.3, 0.4) is 0 Å². The van der Waals surface area contributed by atoms with Crippen LogP contribution in [0.5, 0.6) is 0 Å². The molecule has 2 aliphatic rings. The molecule has 2 aromatic rings. The van der Waals surface area contributed by atoms with Crippen LogP contribution in [0.4, 0.5) is 18.9 Å². The molecule has 2 N–H and O–H groups in total. The minimum absolute atomic E-state index is 0.0330. The van der Waals surface area contributed by atoms with Gasteiger partial charge in [-0.2, -0.15) is 13.2 Å². The Morgan fingerprint density at radius 1 is 0.943 bits per heavy atom. The molecule has 2 atom stereocenters. The minimum Gasteiger partial charge on any atom is -0.391 e. The highest BCUT2D eigenvalue weighted by atomic mass is 32.2. The summed E-state index contributed by atoms with van der Waals surface area (Å²) in [5, 5.41) is 10.5. The number of aliphatic hydroxyl groups excluding tert-OH is 1. The number of carbonyl (C=O) groups is 3. The number of nitrogens with one attached hydrogen (secondary N) is 1. The molecule has 1 aliphatic heterocycles. The molecule has 0 aromatic heterocycles. The third-order valence-electron chi connectivity index (χ3n) is 6.10. The lowest BCUT2D eigenvalue weighted by atomic mass is 9.92. The van der Waals surface area contributed by atoms with E-state index in [0.717, 1.165) is 29.2 Å². The van der Waals surface area contributed by atoms with Crippen LogP contribution in [0.25, 0.3) is 0 Å². The van der Waals surface area contributed by atoms with Crippen molar-refractivity contribution in [2.45, 2.75) is 55.3 Å². The summed E-state index contributed by atoms with van der Waals surface area (Å²) in [5.74, 6) is -1.51. The molecule has 0 spiro atoms. The SMILES string of the molecule is O=C1CCCC(O)C(N2C(=O)c3ccc(NS(=O)(=O)c4ccccc4C(F)(F)F)cc3C2=O)CC1. The molecule has 35 heavy (non-hydrogen) atoms. The van der Waals surface area contributed by atoms with Gasteiger partial charge >= 0.3 is 6.18 Å². The molecule has 4 rings (SSSR count). The van der Waals surface area contributed by atoms with Crippen LogP contribution in [-0.4, -0.2) is 48.2 Å². The molecule has 1 saturated carbocycles. The normalized spacial score (nSPS) is 21.5. The lowest BCUT2D eigenvalue weighted by Crippen LogP contribution is -2.47. The summed E-state index contributed by atoms with van der Waals surface area (Å²) in [7, 11) is -4.69. The van der Waals surface area contributed by atoms with E-state index in [2.05, 4.69) is 0 Å². The maximum Gasteiger partial charge on any atom is 0.417 e. The number of hydrogen-bond donors (Lipinski definition) is 2. The van der Waals surface area contributed by atoms with Crippen molar-refractivity contribution in [2.24, 2.45) is 0 Å². The van der Waals surface area contributed by atoms with E-state index >= 15 is 0 Å². The van der Waals surface area contributed by atoms with E-state index in [1.165, 1.54) is 12.1 Å². The van der Waals surface area contributed by atoms with E-state index in [1.54, 1.807) is 0 Å². The van der Waals surface area contributed by atoms with Gasteiger partial charge in [0.15, 0.2) is 0 Å². The van der Waals surface area contributed by atoms with Gasteiger partial charge in [-0.25, -0.2) is 8.42 Å². The highest BCUT2D eigenvalue weighted by molar-refractivity contribution is 7.92. The van der Waals surface area contributed by atoms with Crippen molar-refractivity contribution in [3.63, 3.8) is 0 Å². The fourth-order valence-electron chi connectivity index (χ4n) is 4.40. The van der Waals surface area contributed by atoms with Crippen molar-refractivity contribution in [3.05, 3.63) is 59.2 Å². The van der Waals surface area contributed by atoms with Gasteiger partial charge in [-0.1, -0.05) is 12.1 Å². The van der Waals surface area contributed by atoms with Gasteiger partial charge < -0.3 is 5.11 Å². The van der Waals surface area contributed by atoms with Crippen LogP contribution < -0.4 is 4.72 Å². The maximum atomic E-state index is 13.3. The Balaban J connectivity index is 1.63. The van der Waals surface area contributed by atoms with E-state index < -0.39 is 50.6 Å². The Kier molecular flexibility index (Phi) is 6.45. The second-order valence-electron chi connectivity index (χ2n) is 8.44. The van der Waals surface area contributed by atoms with Crippen molar-refractivity contribution >= 4 is 33.3 Å². The van der Waals surface area contributed by atoms with Crippen molar-refractivity contribution in [1.82, 2.24) is 4.90 Å². The average Bonchev–Trinajstić information content (AvgIpc) is 3.02. The number of nitrogens with zero attached hydrogens (tertiary/aromatic N) is 1. The number of sulfonamides is 1.